The smallest absolute Gasteiger partial charge is 0.292 e. The van der Waals surface area contributed by atoms with Crippen LogP contribution >= 0.6 is 11.8 Å². The second kappa shape index (κ2) is 6.99. The van der Waals surface area contributed by atoms with Gasteiger partial charge in [0.05, 0.1) is 6.26 Å². The van der Waals surface area contributed by atoms with E-state index >= 15 is 0 Å². The number of rotatable bonds is 6. The summed E-state index contributed by atoms with van der Waals surface area (Å²) in [5.41, 5.74) is 0. The number of hydrogen-bond acceptors (Lipinski definition) is 7. The van der Waals surface area contributed by atoms with Crippen LogP contribution in [0.25, 0.3) is 0 Å². The Hall–Kier alpha value is -2.48. The number of nitrogens with zero attached hydrogens (tertiary/aromatic N) is 2. The van der Waals surface area contributed by atoms with Crippen LogP contribution in [0.5, 0.6) is 0 Å². The van der Waals surface area contributed by atoms with E-state index in [1.165, 1.54) is 32.2 Å². The summed E-state index contributed by atoms with van der Waals surface area (Å²) in [7, 11) is 0. The third-order valence-electron chi connectivity index (χ3n) is 2.60. The molecule has 2 rings (SSSR count). The molecule has 2 aromatic rings. The molecule has 0 atom stereocenters. The van der Waals surface area contributed by atoms with Crippen LogP contribution in [0, 0.1) is 0 Å². The molecule has 0 aliphatic carbocycles. The van der Waals surface area contributed by atoms with E-state index in [9.17, 15) is 14.4 Å². The topological polar surface area (TPSA) is 102 Å². The normalized spacial score (nSPS) is 10.5. The fourth-order valence-electron chi connectivity index (χ4n) is 1.61. The second-order valence-corrected chi connectivity index (χ2v) is 5.53. The van der Waals surface area contributed by atoms with Crippen LogP contribution < -0.4 is 5.32 Å². The predicted octanol–water partition coefficient (Wildman–Crippen LogP) is 1.96. The number of amides is 1. The highest BCUT2D eigenvalue weighted by molar-refractivity contribution is 8.01. The first-order valence-corrected chi connectivity index (χ1v) is 7.21. The molecular weight excluding hydrogens is 306 g/mol. The number of ketones is 2. The Morgan fingerprint density at radius 2 is 1.86 bits per heavy atom. The van der Waals surface area contributed by atoms with Gasteiger partial charge >= 0.3 is 0 Å². The molecule has 8 heteroatoms. The van der Waals surface area contributed by atoms with Crippen molar-refractivity contribution in [2.75, 3.05) is 5.32 Å². The van der Waals surface area contributed by atoms with Crippen molar-refractivity contribution in [1.29, 1.82) is 0 Å². The zero-order valence-corrected chi connectivity index (χ0v) is 12.7. The van der Waals surface area contributed by atoms with Gasteiger partial charge in [0.25, 0.3) is 5.91 Å². The van der Waals surface area contributed by atoms with E-state index in [0.29, 0.717) is 5.03 Å². The first-order chi connectivity index (χ1) is 10.5. The first kappa shape index (κ1) is 15.9. The lowest BCUT2D eigenvalue weighted by Gasteiger charge is -2.08. The number of aromatic nitrogens is 2. The van der Waals surface area contributed by atoms with Gasteiger partial charge in [-0.2, -0.15) is 0 Å². The van der Waals surface area contributed by atoms with Gasteiger partial charge in [0.15, 0.2) is 23.1 Å². The molecule has 0 bridgehead atoms. The van der Waals surface area contributed by atoms with Gasteiger partial charge in [0.1, 0.15) is 10.3 Å². The minimum Gasteiger partial charge on any atom is -0.459 e. The van der Waals surface area contributed by atoms with Crippen molar-refractivity contribution in [3.63, 3.8) is 0 Å². The third-order valence-corrected chi connectivity index (χ3v) is 3.96. The summed E-state index contributed by atoms with van der Waals surface area (Å²) in [6.45, 7) is 2.70. The van der Waals surface area contributed by atoms with Gasteiger partial charge in [0.2, 0.25) is 0 Å². The van der Waals surface area contributed by atoms with E-state index in [1.807, 2.05) is 0 Å². The van der Waals surface area contributed by atoms with Crippen molar-refractivity contribution in [2.45, 2.75) is 24.1 Å². The molecule has 0 saturated carbocycles. The molecule has 7 nitrogen and oxygen atoms in total. The number of thioether (sulfide) groups is 1. The van der Waals surface area contributed by atoms with E-state index < -0.39 is 11.2 Å². The Labute approximate surface area is 130 Å². The highest BCUT2D eigenvalue weighted by atomic mass is 32.2. The monoisotopic (exact) mass is 319 g/mol. The molecule has 0 aliphatic heterocycles. The molecule has 0 aliphatic rings. The van der Waals surface area contributed by atoms with Gasteiger partial charge in [0, 0.05) is 0 Å². The summed E-state index contributed by atoms with van der Waals surface area (Å²) >= 11 is 1.03. The van der Waals surface area contributed by atoms with E-state index in [-0.39, 0.29) is 23.1 Å². The molecule has 0 fully saturated rings. The maximum Gasteiger partial charge on any atom is 0.292 e. The Kier molecular flexibility index (Phi) is 5.05. The lowest BCUT2D eigenvalue weighted by atomic mass is 10.2. The summed E-state index contributed by atoms with van der Waals surface area (Å²) in [4.78, 5) is 34.5. The summed E-state index contributed by atoms with van der Waals surface area (Å²) in [5, 5.41) is 9.86. The Bertz CT molecular complexity index is 669. The fourth-order valence-corrected chi connectivity index (χ4v) is 2.42. The van der Waals surface area contributed by atoms with Gasteiger partial charge in [-0.25, -0.2) is 0 Å². The van der Waals surface area contributed by atoms with Crippen LogP contribution in [-0.2, 0) is 9.59 Å². The van der Waals surface area contributed by atoms with Crippen LogP contribution in [0.1, 0.15) is 24.4 Å². The highest BCUT2D eigenvalue weighted by Gasteiger charge is 2.21. The van der Waals surface area contributed by atoms with Gasteiger partial charge in [-0.15, -0.1) is 10.2 Å². The second-order valence-electron chi connectivity index (χ2n) is 4.41. The summed E-state index contributed by atoms with van der Waals surface area (Å²) in [6, 6.07) is 6.24. The molecular formula is C14H13N3O4S. The average Bonchev–Trinajstić information content (AvgIpc) is 3.00. The maximum atomic E-state index is 11.7. The molecule has 2 aromatic heterocycles. The molecule has 2 heterocycles. The zero-order valence-electron chi connectivity index (χ0n) is 11.9. The fraction of sp³-hybridized carbons (Fsp3) is 0.214. The predicted molar refractivity (Wildman–Crippen MR) is 79.7 cm³/mol. The Morgan fingerprint density at radius 3 is 2.36 bits per heavy atom. The van der Waals surface area contributed by atoms with E-state index in [0.717, 1.165) is 11.8 Å². The number of furan rings is 1. The van der Waals surface area contributed by atoms with Crippen LogP contribution in [0.3, 0.4) is 0 Å². The summed E-state index contributed by atoms with van der Waals surface area (Å²) < 4.78 is 4.96. The van der Waals surface area contributed by atoms with Crippen molar-refractivity contribution < 1.29 is 18.8 Å². The molecule has 1 N–H and O–H groups in total. The molecule has 0 radical (unpaired) electrons. The quantitative estimate of drug-likeness (QED) is 0.641. The van der Waals surface area contributed by atoms with E-state index in [2.05, 4.69) is 15.5 Å². The highest BCUT2D eigenvalue weighted by Crippen LogP contribution is 2.22. The molecule has 114 valence electrons. The number of carbonyl (C=O) groups is 3. The van der Waals surface area contributed by atoms with Crippen molar-refractivity contribution in [3.05, 3.63) is 36.3 Å². The van der Waals surface area contributed by atoms with Crippen LogP contribution in [-0.4, -0.2) is 32.9 Å². The molecule has 1 amide bonds. The molecule has 0 saturated heterocycles. The minimum atomic E-state index is -0.794. The van der Waals surface area contributed by atoms with Crippen LogP contribution in [0.2, 0.25) is 0 Å². The standard InChI is InChI=1S/C14H13N3O4S/c1-8(18)13(9(2)19)22-12-6-5-11(16-17-12)15-14(20)10-4-3-7-21-10/h3-7,13H,1-2H3,(H,15,16,20). The first-order valence-electron chi connectivity index (χ1n) is 6.33. The number of anilines is 1. The van der Waals surface area contributed by atoms with E-state index in [1.54, 1.807) is 12.1 Å². The van der Waals surface area contributed by atoms with Crippen LogP contribution in [0.4, 0.5) is 5.82 Å². The van der Waals surface area contributed by atoms with Crippen LogP contribution in [0.15, 0.2) is 40.0 Å². The molecule has 22 heavy (non-hydrogen) atoms. The summed E-state index contributed by atoms with van der Waals surface area (Å²) in [5.74, 6) is -0.518. The Balaban J connectivity index is 2.02. The van der Waals surface area contributed by atoms with Gasteiger partial charge in [-0.05, 0) is 38.1 Å². The number of Topliss-reactive ketones (excluding diaryl/α,β-unsaturated/α-hetero) is 2. The van der Waals surface area contributed by atoms with Crippen molar-refractivity contribution in [2.24, 2.45) is 0 Å². The van der Waals surface area contributed by atoms with Crippen molar-refractivity contribution >= 4 is 35.1 Å². The largest absolute Gasteiger partial charge is 0.459 e. The summed E-state index contributed by atoms with van der Waals surface area (Å²) in [6.07, 6.45) is 1.39. The Morgan fingerprint density at radius 1 is 1.14 bits per heavy atom. The number of hydrogen-bond donors (Lipinski definition) is 1. The molecule has 0 aromatic carbocycles. The number of carbonyl (C=O) groups excluding carboxylic acids is 3. The third kappa shape index (κ3) is 4.01. The van der Waals surface area contributed by atoms with Crippen molar-refractivity contribution in [3.8, 4) is 0 Å². The minimum absolute atomic E-state index is 0.161. The van der Waals surface area contributed by atoms with Gasteiger partial charge in [-0.3, -0.25) is 14.4 Å². The lowest BCUT2D eigenvalue weighted by Crippen LogP contribution is -2.22. The van der Waals surface area contributed by atoms with E-state index in [4.69, 9.17) is 4.42 Å². The molecule has 0 spiro atoms. The lowest BCUT2D eigenvalue weighted by molar-refractivity contribution is -0.123. The molecule has 0 unspecified atom stereocenters. The SMILES string of the molecule is CC(=O)C(Sc1ccc(NC(=O)c2ccco2)nn1)C(C)=O. The van der Waals surface area contributed by atoms with Gasteiger partial charge in [-0.1, -0.05) is 11.8 Å². The average molecular weight is 319 g/mol. The number of nitrogens with one attached hydrogen (secondary N) is 1. The zero-order chi connectivity index (χ0) is 16.1. The maximum absolute atomic E-state index is 11.7. The van der Waals surface area contributed by atoms with Gasteiger partial charge < -0.3 is 9.73 Å². The van der Waals surface area contributed by atoms with Crippen molar-refractivity contribution in [1.82, 2.24) is 10.2 Å².